The molecule has 1 aromatic rings. The van der Waals surface area contributed by atoms with E-state index in [2.05, 4.69) is 55.9 Å². The highest BCUT2D eigenvalue weighted by Crippen LogP contribution is 2.19. The number of hydrogen-bond acceptors (Lipinski definition) is 2. The van der Waals surface area contributed by atoms with Gasteiger partial charge < -0.3 is 10.1 Å². The van der Waals surface area contributed by atoms with Crippen molar-refractivity contribution < 1.29 is 4.74 Å². The van der Waals surface area contributed by atoms with Crippen LogP contribution in [-0.4, -0.2) is 18.7 Å². The van der Waals surface area contributed by atoms with Gasteiger partial charge in [-0.3, -0.25) is 0 Å². The Kier molecular flexibility index (Phi) is 7.04. The quantitative estimate of drug-likeness (QED) is 0.763. The standard InChI is InChI=1S/C17H28BrNO/c1-13(2)14(12-19-17(3,4)5)10-11-20-16-8-6-15(18)7-9-16/h6-9,13-14,19H,10-12H2,1-5H3. The normalized spacial score (nSPS) is 13.6. The summed E-state index contributed by atoms with van der Waals surface area (Å²) in [6.45, 7) is 13.0. The lowest BCUT2D eigenvalue weighted by atomic mass is 9.92. The fourth-order valence-corrected chi connectivity index (χ4v) is 2.23. The number of benzene rings is 1. The molecule has 1 rings (SSSR count). The molecule has 0 heterocycles. The van der Waals surface area contributed by atoms with Crippen LogP contribution in [-0.2, 0) is 0 Å². The number of hydrogen-bond donors (Lipinski definition) is 1. The van der Waals surface area contributed by atoms with Gasteiger partial charge in [0.1, 0.15) is 5.75 Å². The molecule has 2 nitrogen and oxygen atoms in total. The molecule has 1 N–H and O–H groups in total. The number of halogens is 1. The van der Waals surface area contributed by atoms with Gasteiger partial charge in [0.15, 0.2) is 0 Å². The average molecular weight is 342 g/mol. The van der Waals surface area contributed by atoms with Crippen LogP contribution in [0.25, 0.3) is 0 Å². The molecule has 1 unspecified atom stereocenters. The number of rotatable bonds is 7. The van der Waals surface area contributed by atoms with Crippen LogP contribution in [0.3, 0.4) is 0 Å². The third-order valence-corrected chi connectivity index (χ3v) is 3.94. The second-order valence-corrected chi connectivity index (χ2v) is 7.64. The minimum atomic E-state index is 0.180. The van der Waals surface area contributed by atoms with Gasteiger partial charge in [0, 0.05) is 10.0 Å². The van der Waals surface area contributed by atoms with E-state index in [0.29, 0.717) is 11.8 Å². The molecule has 0 radical (unpaired) electrons. The highest BCUT2D eigenvalue weighted by molar-refractivity contribution is 9.10. The topological polar surface area (TPSA) is 21.3 Å². The smallest absolute Gasteiger partial charge is 0.119 e. The van der Waals surface area contributed by atoms with E-state index in [0.717, 1.165) is 29.8 Å². The summed E-state index contributed by atoms with van der Waals surface area (Å²) in [4.78, 5) is 0. The molecule has 0 amide bonds. The van der Waals surface area contributed by atoms with Crippen LogP contribution >= 0.6 is 15.9 Å². The zero-order valence-electron chi connectivity index (χ0n) is 13.4. The van der Waals surface area contributed by atoms with E-state index in [1.54, 1.807) is 0 Å². The van der Waals surface area contributed by atoms with Crippen molar-refractivity contribution in [1.29, 1.82) is 0 Å². The first kappa shape index (κ1) is 17.5. The van der Waals surface area contributed by atoms with Crippen molar-refractivity contribution in [2.45, 2.75) is 46.6 Å². The summed E-state index contributed by atoms with van der Waals surface area (Å²) in [5.41, 5.74) is 0.180. The molecule has 3 heteroatoms. The first-order chi connectivity index (χ1) is 9.28. The molecule has 0 fully saturated rings. The van der Waals surface area contributed by atoms with Crippen LogP contribution < -0.4 is 10.1 Å². The van der Waals surface area contributed by atoms with Crippen molar-refractivity contribution in [3.8, 4) is 5.75 Å². The second-order valence-electron chi connectivity index (χ2n) is 6.73. The summed E-state index contributed by atoms with van der Waals surface area (Å²) < 4.78 is 6.91. The van der Waals surface area contributed by atoms with Gasteiger partial charge in [-0.05, 0) is 69.8 Å². The molecule has 0 aromatic heterocycles. The first-order valence-corrected chi connectivity index (χ1v) is 8.20. The Morgan fingerprint density at radius 1 is 1.15 bits per heavy atom. The van der Waals surface area contributed by atoms with E-state index in [4.69, 9.17) is 4.74 Å². The Hall–Kier alpha value is -0.540. The van der Waals surface area contributed by atoms with Crippen LogP contribution in [0.2, 0.25) is 0 Å². The number of ether oxygens (including phenoxy) is 1. The number of nitrogens with one attached hydrogen (secondary N) is 1. The molecule has 0 spiro atoms. The van der Waals surface area contributed by atoms with Crippen molar-refractivity contribution in [2.75, 3.05) is 13.2 Å². The van der Waals surface area contributed by atoms with Crippen molar-refractivity contribution in [3.05, 3.63) is 28.7 Å². The van der Waals surface area contributed by atoms with Gasteiger partial charge in [-0.1, -0.05) is 29.8 Å². The van der Waals surface area contributed by atoms with Crippen molar-refractivity contribution >= 4 is 15.9 Å². The van der Waals surface area contributed by atoms with E-state index >= 15 is 0 Å². The lowest BCUT2D eigenvalue weighted by Gasteiger charge is -2.27. The van der Waals surface area contributed by atoms with Crippen LogP contribution in [0.15, 0.2) is 28.7 Å². The monoisotopic (exact) mass is 341 g/mol. The predicted octanol–water partition coefficient (Wildman–Crippen LogP) is 4.88. The SMILES string of the molecule is CC(C)C(CCOc1ccc(Br)cc1)CNC(C)(C)C. The summed E-state index contributed by atoms with van der Waals surface area (Å²) in [5, 5.41) is 3.60. The molecule has 1 aromatic carbocycles. The largest absolute Gasteiger partial charge is 0.494 e. The van der Waals surface area contributed by atoms with Crippen molar-refractivity contribution in [3.63, 3.8) is 0 Å². The molecule has 0 aliphatic rings. The maximum atomic E-state index is 5.82. The first-order valence-electron chi connectivity index (χ1n) is 7.41. The average Bonchev–Trinajstić information content (AvgIpc) is 2.34. The lowest BCUT2D eigenvalue weighted by Crippen LogP contribution is -2.40. The Morgan fingerprint density at radius 2 is 1.75 bits per heavy atom. The molecule has 0 bridgehead atoms. The second kappa shape index (κ2) is 8.04. The molecule has 0 aliphatic carbocycles. The molecule has 1 atom stereocenters. The molecule has 20 heavy (non-hydrogen) atoms. The summed E-state index contributed by atoms with van der Waals surface area (Å²) in [6.07, 6.45) is 1.08. The van der Waals surface area contributed by atoms with Gasteiger partial charge in [-0.2, -0.15) is 0 Å². The van der Waals surface area contributed by atoms with Gasteiger partial charge in [-0.25, -0.2) is 0 Å². The maximum absolute atomic E-state index is 5.82. The van der Waals surface area contributed by atoms with Crippen LogP contribution in [0, 0.1) is 11.8 Å². The molecule has 0 saturated heterocycles. The highest BCUT2D eigenvalue weighted by Gasteiger charge is 2.17. The van der Waals surface area contributed by atoms with Gasteiger partial charge in [0.25, 0.3) is 0 Å². The fourth-order valence-electron chi connectivity index (χ4n) is 1.97. The fraction of sp³-hybridized carbons (Fsp3) is 0.647. The van der Waals surface area contributed by atoms with Crippen LogP contribution in [0.5, 0.6) is 5.75 Å². The molecule has 0 aliphatic heterocycles. The predicted molar refractivity (Wildman–Crippen MR) is 90.3 cm³/mol. The van der Waals surface area contributed by atoms with E-state index < -0.39 is 0 Å². The highest BCUT2D eigenvalue weighted by atomic mass is 79.9. The Labute approximate surface area is 132 Å². The van der Waals surface area contributed by atoms with E-state index in [9.17, 15) is 0 Å². The van der Waals surface area contributed by atoms with Gasteiger partial charge in [0.05, 0.1) is 6.61 Å². The summed E-state index contributed by atoms with van der Waals surface area (Å²) in [6, 6.07) is 8.02. The maximum Gasteiger partial charge on any atom is 0.119 e. The third kappa shape index (κ3) is 7.30. The van der Waals surface area contributed by atoms with Crippen molar-refractivity contribution in [2.24, 2.45) is 11.8 Å². The molecular formula is C17H28BrNO. The summed E-state index contributed by atoms with van der Waals surface area (Å²) in [5.74, 6) is 2.25. The molecule has 0 saturated carbocycles. The van der Waals surface area contributed by atoms with Gasteiger partial charge in [0.2, 0.25) is 0 Å². The summed E-state index contributed by atoms with van der Waals surface area (Å²) >= 11 is 3.43. The van der Waals surface area contributed by atoms with E-state index in [1.165, 1.54) is 0 Å². The lowest BCUT2D eigenvalue weighted by molar-refractivity contribution is 0.232. The van der Waals surface area contributed by atoms with E-state index in [1.807, 2.05) is 24.3 Å². The van der Waals surface area contributed by atoms with Gasteiger partial charge in [-0.15, -0.1) is 0 Å². The Morgan fingerprint density at radius 3 is 2.25 bits per heavy atom. The molecular weight excluding hydrogens is 314 g/mol. The minimum Gasteiger partial charge on any atom is -0.494 e. The summed E-state index contributed by atoms with van der Waals surface area (Å²) in [7, 11) is 0. The third-order valence-electron chi connectivity index (χ3n) is 3.41. The zero-order chi connectivity index (χ0) is 15.2. The van der Waals surface area contributed by atoms with Crippen LogP contribution in [0.4, 0.5) is 0 Å². The van der Waals surface area contributed by atoms with Crippen LogP contribution in [0.1, 0.15) is 41.0 Å². The zero-order valence-corrected chi connectivity index (χ0v) is 15.0. The minimum absolute atomic E-state index is 0.180. The molecule has 114 valence electrons. The van der Waals surface area contributed by atoms with E-state index in [-0.39, 0.29) is 5.54 Å². The van der Waals surface area contributed by atoms with Crippen molar-refractivity contribution in [1.82, 2.24) is 5.32 Å². The van der Waals surface area contributed by atoms with Gasteiger partial charge >= 0.3 is 0 Å². The Bertz CT molecular complexity index is 381. The Balaban J connectivity index is 2.37.